The Morgan fingerprint density at radius 2 is 1.61 bits per heavy atom. The zero-order valence-electron chi connectivity index (χ0n) is 15.8. The Morgan fingerprint density at radius 1 is 0.893 bits per heavy atom. The summed E-state index contributed by atoms with van der Waals surface area (Å²) in [7, 11) is 1.31. The smallest absolute Gasteiger partial charge is 0.328 e. The van der Waals surface area contributed by atoms with Gasteiger partial charge in [-0.05, 0) is 21.9 Å². The van der Waals surface area contributed by atoms with Crippen molar-refractivity contribution in [2.45, 2.75) is 19.1 Å². The highest BCUT2D eigenvalue weighted by atomic mass is 16.5. The van der Waals surface area contributed by atoms with E-state index < -0.39 is 12.0 Å². The van der Waals surface area contributed by atoms with Crippen molar-refractivity contribution in [2.24, 2.45) is 0 Å². The molecule has 5 heteroatoms. The number of nitrogens with one attached hydrogen (secondary N) is 1. The Kier molecular flexibility index (Phi) is 6.76. The zero-order chi connectivity index (χ0) is 19.8. The van der Waals surface area contributed by atoms with Crippen molar-refractivity contribution in [2.75, 3.05) is 13.7 Å². The molecule has 0 aromatic heterocycles. The number of carbonyl (C=O) groups excluding carboxylic acids is 2. The van der Waals surface area contributed by atoms with Crippen molar-refractivity contribution in [1.82, 2.24) is 5.32 Å². The van der Waals surface area contributed by atoms with E-state index in [1.54, 1.807) is 0 Å². The van der Waals surface area contributed by atoms with Crippen molar-refractivity contribution in [3.8, 4) is 0 Å². The molecule has 3 aromatic rings. The van der Waals surface area contributed by atoms with E-state index in [0.717, 1.165) is 21.9 Å². The molecule has 3 aromatic carbocycles. The SMILES string of the molecule is COC(=O)[C@H](Cc1ccc2ccccc2c1)NC(=O)COCc1ccccc1. The van der Waals surface area contributed by atoms with E-state index in [1.807, 2.05) is 72.8 Å². The molecule has 0 fully saturated rings. The molecule has 5 nitrogen and oxygen atoms in total. The van der Waals surface area contributed by atoms with Gasteiger partial charge in [-0.2, -0.15) is 0 Å². The van der Waals surface area contributed by atoms with Crippen LogP contribution in [0.15, 0.2) is 72.8 Å². The van der Waals surface area contributed by atoms with Crippen LogP contribution in [0.1, 0.15) is 11.1 Å². The molecule has 0 bridgehead atoms. The van der Waals surface area contributed by atoms with Crippen LogP contribution < -0.4 is 5.32 Å². The van der Waals surface area contributed by atoms with Crippen LogP contribution >= 0.6 is 0 Å². The predicted octanol–water partition coefficient (Wildman–Crippen LogP) is 3.26. The summed E-state index contributed by atoms with van der Waals surface area (Å²) in [5.74, 6) is -0.836. The molecule has 28 heavy (non-hydrogen) atoms. The number of hydrogen-bond donors (Lipinski definition) is 1. The Labute approximate surface area is 164 Å². The van der Waals surface area contributed by atoms with E-state index in [0.29, 0.717) is 13.0 Å². The number of amides is 1. The lowest BCUT2D eigenvalue weighted by Crippen LogP contribution is -2.44. The van der Waals surface area contributed by atoms with Crippen molar-refractivity contribution < 1.29 is 19.1 Å². The van der Waals surface area contributed by atoms with Gasteiger partial charge in [0, 0.05) is 6.42 Å². The topological polar surface area (TPSA) is 64.6 Å². The Hall–Kier alpha value is -3.18. The third-order valence-electron chi connectivity index (χ3n) is 4.42. The quantitative estimate of drug-likeness (QED) is 0.612. The van der Waals surface area contributed by atoms with E-state index in [4.69, 9.17) is 9.47 Å². The molecular weight excluding hydrogens is 354 g/mol. The fourth-order valence-corrected chi connectivity index (χ4v) is 3.01. The summed E-state index contributed by atoms with van der Waals surface area (Å²) < 4.78 is 10.3. The van der Waals surface area contributed by atoms with Gasteiger partial charge < -0.3 is 14.8 Å². The van der Waals surface area contributed by atoms with Gasteiger partial charge in [0.1, 0.15) is 12.6 Å². The molecule has 0 aliphatic rings. The van der Waals surface area contributed by atoms with Gasteiger partial charge in [0.2, 0.25) is 5.91 Å². The maximum absolute atomic E-state index is 12.2. The molecule has 0 aliphatic carbocycles. The van der Waals surface area contributed by atoms with Gasteiger partial charge in [0.25, 0.3) is 0 Å². The van der Waals surface area contributed by atoms with Crippen LogP contribution in [0.4, 0.5) is 0 Å². The van der Waals surface area contributed by atoms with Crippen molar-refractivity contribution in [3.63, 3.8) is 0 Å². The average Bonchev–Trinajstić information content (AvgIpc) is 2.73. The number of hydrogen-bond acceptors (Lipinski definition) is 4. The lowest BCUT2D eigenvalue weighted by atomic mass is 10.0. The number of carbonyl (C=O) groups is 2. The molecule has 0 saturated carbocycles. The van der Waals surface area contributed by atoms with Crippen LogP contribution in [-0.2, 0) is 32.1 Å². The predicted molar refractivity (Wildman–Crippen MR) is 108 cm³/mol. The van der Waals surface area contributed by atoms with Gasteiger partial charge in [-0.1, -0.05) is 72.8 Å². The molecule has 3 rings (SSSR count). The van der Waals surface area contributed by atoms with Crippen LogP contribution in [0.2, 0.25) is 0 Å². The molecule has 0 radical (unpaired) electrons. The first kappa shape index (κ1) is 19.6. The van der Waals surface area contributed by atoms with Gasteiger partial charge in [-0.25, -0.2) is 4.79 Å². The summed E-state index contributed by atoms with van der Waals surface area (Å²) in [6.45, 7) is 0.210. The van der Waals surface area contributed by atoms with E-state index in [9.17, 15) is 9.59 Å². The molecule has 0 heterocycles. The summed E-state index contributed by atoms with van der Waals surface area (Å²) in [4.78, 5) is 24.4. The lowest BCUT2D eigenvalue weighted by Gasteiger charge is -2.17. The second-order valence-corrected chi connectivity index (χ2v) is 6.51. The summed E-state index contributed by atoms with van der Waals surface area (Å²) in [5.41, 5.74) is 1.93. The highest BCUT2D eigenvalue weighted by Crippen LogP contribution is 2.17. The second-order valence-electron chi connectivity index (χ2n) is 6.51. The summed E-state index contributed by atoms with van der Waals surface area (Å²) in [6.07, 6.45) is 0.349. The van der Waals surface area contributed by atoms with Crippen LogP contribution in [0.5, 0.6) is 0 Å². The van der Waals surface area contributed by atoms with Crippen LogP contribution in [0.3, 0.4) is 0 Å². The summed E-state index contributed by atoms with van der Waals surface area (Å²) >= 11 is 0. The van der Waals surface area contributed by atoms with Crippen molar-refractivity contribution >= 4 is 22.6 Å². The van der Waals surface area contributed by atoms with E-state index in [2.05, 4.69) is 5.32 Å². The molecule has 0 spiro atoms. The monoisotopic (exact) mass is 377 g/mol. The minimum atomic E-state index is -0.765. The largest absolute Gasteiger partial charge is 0.467 e. The third-order valence-corrected chi connectivity index (χ3v) is 4.42. The molecular formula is C23H23NO4. The highest BCUT2D eigenvalue weighted by molar-refractivity contribution is 5.86. The summed E-state index contributed by atoms with van der Waals surface area (Å²) in [5, 5.41) is 4.92. The van der Waals surface area contributed by atoms with Crippen molar-refractivity contribution in [1.29, 1.82) is 0 Å². The Bertz CT molecular complexity index is 939. The molecule has 1 amide bonds. The van der Waals surface area contributed by atoms with Gasteiger partial charge in [0.05, 0.1) is 13.7 Å². The molecule has 144 valence electrons. The minimum absolute atomic E-state index is 0.125. The Balaban J connectivity index is 1.59. The molecule has 1 N–H and O–H groups in total. The normalized spacial score (nSPS) is 11.8. The van der Waals surface area contributed by atoms with Crippen LogP contribution in [0, 0.1) is 0 Å². The standard InChI is InChI=1S/C23H23NO4/c1-27-23(26)21(14-18-11-12-19-9-5-6-10-20(19)13-18)24-22(25)16-28-15-17-7-3-2-4-8-17/h2-13,21H,14-16H2,1H3,(H,24,25)/t21-/m0/s1. The van der Waals surface area contributed by atoms with Gasteiger partial charge in [0.15, 0.2) is 0 Å². The molecule has 0 saturated heterocycles. The fourth-order valence-electron chi connectivity index (χ4n) is 3.01. The average molecular weight is 377 g/mol. The summed E-state index contributed by atoms with van der Waals surface area (Å²) in [6, 6.07) is 22.8. The van der Waals surface area contributed by atoms with E-state index >= 15 is 0 Å². The maximum Gasteiger partial charge on any atom is 0.328 e. The maximum atomic E-state index is 12.2. The first-order valence-electron chi connectivity index (χ1n) is 9.12. The van der Waals surface area contributed by atoms with Crippen LogP contribution in [-0.4, -0.2) is 31.6 Å². The van der Waals surface area contributed by atoms with Gasteiger partial charge in [-0.15, -0.1) is 0 Å². The van der Waals surface area contributed by atoms with Crippen molar-refractivity contribution in [3.05, 3.63) is 83.9 Å². The number of esters is 1. The molecule has 0 aliphatic heterocycles. The first-order chi connectivity index (χ1) is 13.7. The number of rotatable bonds is 8. The van der Waals surface area contributed by atoms with E-state index in [-0.39, 0.29) is 12.5 Å². The lowest BCUT2D eigenvalue weighted by molar-refractivity contribution is -0.145. The molecule has 0 unspecified atom stereocenters. The first-order valence-corrected chi connectivity index (χ1v) is 9.12. The van der Waals surface area contributed by atoms with Crippen LogP contribution in [0.25, 0.3) is 10.8 Å². The number of methoxy groups -OCH3 is 1. The van der Waals surface area contributed by atoms with Gasteiger partial charge in [-0.3, -0.25) is 4.79 Å². The highest BCUT2D eigenvalue weighted by Gasteiger charge is 2.22. The fraction of sp³-hybridized carbons (Fsp3) is 0.217. The number of ether oxygens (including phenoxy) is 2. The van der Waals surface area contributed by atoms with Gasteiger partial charge >= 0.3 is 5.97 Å². The minimum Gasteiger partial charge on any atom is -0.467 e. The third kappa shape index (κ3) is 5.41. The second kappa shape index (κ2) is 9.67. The zero-order valence-corrected chi connectivity index (χ0v) is 15.8. The van der Waals surface area contributed by atoms with E-state index in [1.165, 1.54) is 7.11 Å². The number of fused-ring (bicyclic) bond motifs is 1. The molecule has 1 atom stereocenters. The number of benzene rings is 3. The Morgan fingerprint density at radius 3 is 2.36 bits per heavy atom.